The first kappa shape index (κ1) is 16.3. The predicted molar refractivity (Wildman–Crippen MR) is 87.8 cm³/mol. The molecule has 1 amide bonds. The van der Waals surface area contributed by atoms with Crippen molar-refractivity contribution >= 4 is 17.5 Å². The van der Waals surface area contributed by atoms with Gasteiger partial charge in [0.2, 0.25) is 5.91 Å². The van der Waals surface area contributed by atoms with E-state index in [2.05, 4.69) is 24.0 Å². The van der Waals surface area contributed by atoms with Gasteiger partial charge in [0.1, 0.15) is 0 Å². The van der Waals surface area contributed by atoms with Crippen LogP contribution < -0.4 is 0 Å². The molecule has 0 unspecified atom stereocenters. The number of benzene rings is 1. The summed E-state index contributed by atoms with van der Waals surface area (Å²) >= 11 is 6.06. The Bertz CT molecular complexity index is 483. The van der Waals surface area contributed by atoms with Crippen LogP contribution in [0.4, 0.5) is 0 Å². The molecule has 1 heterocycles. The third-order valence-corrected chi connectivity index (χ3v) is 4.79. The third kappa shape index (κ3) is 4.45. The highest BCUT2D eigenvalue weighted by Crippen LogP contribution is 2.23. The summed E-state index contributed by atoms with van der Waals surface area (Å²) in [5, 5.41) is 0.807. The molecular formula is C17H25ClN2O. The Labute approximate surface area is 132 Å². The van der Waals surface area contributed by atoms with Crippen molar-refractivity contribution in [2.24, 2.45) is 0 Å². The van der Waals surface area contributed by atoms with Gasteiger partial charge in [-0.1, -0.05) is 30.7 Å². The molecule has 1 aromatic rings. The summed E-state index contributed by atoms with van der Waals surface area (Å²) in [6, 6.07) is 8.54. The molecule has 1 aromatic carbocycles. The van der Waals surface area contributed by atoms with Crippen LogP contribution in [0.15, 0.2) is 24.3 Å². The lowest BCUT2D eigenvalue weighted by Crippen LogP contribution is -2.45. The van der Waals surface area contributed by atoms with Crippen LogP contribution in [-0.2, 0) is 4.79 Å². The van der Waals surface area contributed by atoms with Gasteiger partial charge in [-0.25, -0.2) is 0 Å². The quantitative estimate of drug-likeness (QED) is 0.851. The lowest BCUT2D eigenvalue weighted by Gasteiger charge is -2.37. The minimum absolute atomic E-state index is 0.167. The molecule has 1 aliphatic rings. The summed E-state index contributed by atoms with van der Waals surface area (Å²) in [7, 11) is 1.91. The van der Waals surface area contributed by atoms with Gasteiger partial charge in [-0.3, -0.25) is 4.79 Å². The first-order valence-electron chi connectivity index (χ1n) is 7.68. The number of carbonyl (C=O) groups is 1. The van der Waals surface area contributed by atoms with E-state index in [9.17, 15) is 4.79 Å². The summed E-state index contributed by atoms with van der Waals surface area (Å²) in [5.74, 6) is 0.645. The summed E-state index contributed by atoms with van der Waals surface area (Å²) in [6.45, 7) is 7.07. The van der Waals surface area contributed by atoms with E-state index in [-0.39, 0.29) is 5.91 Å². The smallest absolute Gasteiger partial charge is 0.219 e. The number of likely N-dealkylation sites (tertiary alicyclic amines) is 1. The number of hydrogen-bond donors (Lipinski definition) is 0. The fourth-order valence-corrected chi connectivity index (χ4v) is 3.25. The maximum Gasteiger partial charge on any atom is 0.219 e. The van der Waals surface area contributed by atoms with E-state index in [1.807, 2.05) is 24.1 Å². The van der Waals surface area contributed by atoms with Gasteiger partial charge < -0.3 is 9.80 Å². The largest absolute Gasteiger partial charge is 0.343 e. The molecule has 1 fully saturated rings. The zero-order valence-electron chi connectivity index (χ0n) is 13.2. The number of amides is 1. The summed E-state index contributed by atoms with van der Waals surface area (Å²) in [5.41, 5.74) is 1.30. The van der Waals surface area contributed by atoms with Gasteiger partial charge >= 0.3 is 0 Å². The Balaban J connectivity index is 1.84. The first-order chi connectivity index (χ1) is 9.97. The number of halogens is 1. The summed E-state index contributed by atoms with van der Waals surface area (Å²) < 4.78 is 0. The Morgan fingerprint density at radius 1 is 1.43 bits per heavy atom. The molecule has 116 valence electrons. The Morgan fingerprint density at radius 2 is 2.10 bits per heavy atom. The van der Waals surface area contributed by atoms with E-state index in [1.54, 1.807) is 6.92 Å². The van der Waals surface area contributed by atoms with Crippen LogP contribution in [0, 0.1) is 0 Å². The van der Waals surface area contributed by atoms with E-state index < -0.39 is 0 Å². The van der Waals surface area contributed by atoms with Crippen molar-refractivity contribution in [2.75, 3.05) is 26.7 Å². The molecule has 0 N–H and O–H groups in total. The Kier molecular flexibility index (Phi) is 5.65. The van der Waals surface area contributed by atoms with E-state index in [1.165, 1.54) is 5.56 Å². The molecule has 0 radical (unpaired) electrons. The van der Waals surface area contributed by atoms with Crippen molar-refractivity contribution < 1.29 is 4.79 Å². The number of carbonyl (C=O) groups excluding carboxylic acids is 1. The molecule has 1 aliphatic heterocycles. The molecule has 1 saturated heterocycles. The summed E-state index contributed by atoms with van der Waals surface area (Å²) in [4.78, 5) is 15.8. The van der Waals surface area contributed by atoms with Crippen LogP contribution >= 0.6 is 11.6 Å². The second kappa shape index (κ2) is 7.28. The molecule has 0 spiro atoms. The molecule has 1 atom stereocenters. The van der Waals surface area contributed by atoms with E-state index in [4.69, 9.17) is 11.6 Å². The van der Waals surface area contributed by atoms with Gasteiger partial charge in [0.05, 0.1) is 0 Å². The standard InChI is InChI=1S/C17H25ClN2O/c1-13(15-5-4-6-16(18)11-15)12-20-9-7-17(8-10-20)19(3)14(2)21/h4-6,11,13,17H,7-10,12H2,1-3H3/t13-/m0/s1. The van der Waals surface area contributed by atoms with E-state index in [0.717, 1.165) is 37.5 Å². The van der Waals surface area contributed by atoms with Gasteiger partial charge in [-0.2, -0.15) is 0 Å². The molecule has 0 bridgehead atoms. The number of hydrogen-bond acceptors (Lipinski definition) is 2. The molecule has 4 heteroatoms. The molecule has 3 nitrogen and oxygen atoms in total. The molecule has 0 aliphatic carbocycles. The lowest BCUT2D eigenvalue weighted by molar-refractivity contribution is -0.130. The van der Waals surface area contributed by atoms with Gasteiger partial charge in [-0.05, 0) is 36.5 Å². The minimum atomic E-state index is 0.167. The van der Waals surface area contributed by atoms with Crippen molar-refractivity contribution in [1.29, 1.82) is 0 Å². The maximum atomic E-state index is 11.4. The average Bonchev–Trinajstić information content (AvgIpc) is 2.47. The lowest BCUT2D eigenvalue weighted by atomic mass is 9.98. The average molecular weight is 309 g/mol. The van der Waals surface area contributed by atoms with Crippen molar-refractivity contribution in [1.82, 2.24) is 9.80 Å². The van der Waals surface area contributed by atoms with Gasteiger partial charge in [0, 0.05) is 44.7 Å². The third-order valence-electron chi connectivity index (χ3n) is 4.55. The van der Waals surface area contributed by atoms with Crippen molar-refractivity contribution in [3.63, 3.8) is 0 Å². The second-order valence-electron chi connectivity index (χ2n) is 6.12. The molecular weight excluding hydrogens is 284 g/mol. The molecule has 0 aromatic heterocycles. The first-order valence-corrected chi connectivity index (χ1v) is 8.06. The zero-order chi connectivity index (χ0) is 15.4. The van der Waals surface area contributed by atoms with E-state index in [0.29, 0.717) is 12.0 Å². The molecule has 0 saturated carbocycles. The van der Waals surface area contributed by atoms with Crippen molar-refractivity contribution in [3.8, 4) is 0 Å². The number of nitrogens with zero attached hydrogens (tertiary/aromatic N) is 2. The highest BCUT2D eigenvalue weighted by molar-refractivity contribution is 6.30. The van der Waals surface area contributed by atoms with Crippen LogP contribution in [0.2, 0.25) is 5.02 Å². The topological polar surface area (TPSA) is 23.6 Å². The van der Waals surface area contributed by atoms with Crippen LogP contribution in [0.25, 0.3) is 0 Å². The fourth-order valence-electron chi connectivity index (χ4n) is 3.05. The summed E-state index contributed by atoms with van der Waals surface area (Å²) in [6.07, 6.45) is 2.14. The SMILES string of the molecule is CC(=O)N(C)C1CCN(C[C@H](C)c2cccc(Cl)c2)CC1. The maximum absolute atomic E-state index is 11.4. The van der Waals surface area contributed by atoms with Crippen LogP contribution in [-0.4, -0.2) is 48.4 Å². The highest BCUT2D eigenvalue weighted by Gasteiger charge is 2.24. The van der Waals surface area contributed by atoms with E-state index >= 15 is 0 Å². The van der Waals surface area contributed by atoms with Crippen molar-refractivity contribution in [3.05, 3.63) is 34.9 Å². The van der Waals surface area contributed by atoms with Gasteiger partial charge in [-0.15, -0.1) is 0 Å². The molecule has 2 rings (SSSR count). The predicted octanol–water partition coefficient (Wildman–Crippen LogP) is 3.39. The fraction of sp³-hybridized carbons (Fsp3) is 0.588. The van der Waals surface area contributed by atoms with Gasteiger partial charge in [0.25, 0.3) is 0 Å². The zero-order valence-corrected chi connectivity index (χ0v) is 13.9. The second-order valence-corrected chi connectivity index (χ2v) is 6.55. The Morgan fingerprint density at radius 3 is 2.67 bits per heavy atom. The normalized spacial score (nSPS) is 18.5. The monoisotopic (exact) mass is 308 g/mol. The van der Waals surface area contributed by atoms with Crippen LogP contribution in [0.5, 0.6) is 0 Å². The highest BCUT2D eigenvalue weighted by atomic mass is 35.5. The molecule has 21 heavy (non-hydrogen) atoms. The minimum Gasteiger partial charge on any atom is -0.343 e. The van der Waals surface area contributed by atoms with Crippen LogP contribution in [0.1, 0.15) is 38.2 Å². The number of rotatable bonds is 4. The Hall–Kier alpha value is -1.06. The van der Waals surface area contributed by atoms with Crippen LogP contribution in [0.3, 0.4) is 0 Å². The van der Waals surface area contributed by atoms with Gasteiger partial charge in [0.15, 0.2) is 0 Å². The number of piperidine rings is 1. The van der Waals surface area contributed by atoms with Crippen molar-refractivity contribution in [2.45, 2.75) is 38.6 Å².